The van der Waals surface area contributed by atoms with Crippen LogP contribution in [-0.2, 0) is 9.59 Å². The molecule has 2 heteroatoms. The lowest BCUT2D eigenvalue weighted by atomic mass is 9.90. The van der Waals surface area contributed by atoms with Crippen molar-refractivity contribution in [3.63, 3.8) is 0 Å². The van der Waals surface area contributed by atoms with Crippen LogP contribution in [0.15, 0.2) is 0 Å². The smallest absolute Gasteiger partial charge is 0.133 e. The molecule has 0 aromatic heterocycles. The highest BCUT2D eigenvalue weighted by molar-refractivity contribution is 5.86. The zero-order valence-electron chi connectivity index (χ0n) is 6.97. The molecule has 0 aromatic rings. The second-order valence-electron chi connectivity index (χ2n) is 2.80. The minimum atomic E-state index is -0.127. The van der Waals surface area contributed by atoms with Crippen LogP contribution < -0.4 is 0 Å². The number of Topliss-reactive ketones (excluding diaryl/α,β-unsaturated/α-hetero) is 2. The molecule has 0 saturated heterocycles. The average molecular weight is 142 g/mol. The second-order valence-corrected chi connectivity index (χ2v) is 2.80. The minimum Gasteiger partial charge on any atom is -0.300 e. The van der Waals surface area contributed by atoms with E-state index in [4.69, 9.17) is 0 Å². The van der Waals surface area contributed by atoms with Crippen LogP contribution in [0.5, 0.6) is 0 Å². The van der Waals surface area contributed by atoms with Crippen LogP contribution in [0.3, 0.4) is 0 Å². The first-order chi connectivity index (χ1) is 4.46. The van der Waals surface area contributed by atoms with Crippen LogP contribution in [0.25, 0.3) is 0 Å². The van der Waals surface area contributed by atoms with Gasteiger partial charge in [0, 0.05) is 11.8 Å². The number of hydrogen-bond donors (Lipinski definition) is 0. The first-order valence-electron chi connectivity index (χ1n) is 3.47. The van der Waals surface area contributed by atoms with Crippen LogP contribution in [0, 0.1) is 11.8 Å². The molecule has 2 atom stereocenters. The molecular formula is C8H14O2. The summed E-state index contributed by atoms with van der Waals surface area (Å²) in [6.07, 6.45) is 0. The fourth-order valence-electron chi connectivity index (χ4n) is 0.704. The molecule has 10 heavy (non-hydrogen) atoms. The fraction of sp³-hybridized carbons (Fsp3) is 0.750. The molecule has 0 saturated carbocycles. The van der Waals surface area contributed by atoms with Crippen molar-refractivity contribution in [3.8, 4) is 0 Å². The summed E-state index contributed by atoms with van der Waals surface area (Å²) in [5.74, 6) is -0.0830. The van der Waals surface area contributed by atoms with E-state index in [9.17, 15) is 9.59 Å². The predicted molar refractivity (Wildman–Crippen MR) is 39.7 cm³/mol. The van der Waals surface area contributed by atoms with Gasteiger partial charge in [0.15, 0.2) is 0 Å². The largest absolute Gasteiger partial charge is 0.300 e. The molecule has 0 spiro atoms. The van der Waals surface area contributed by atoms with Crippen molar-refractivity contribution >= 4 is 11.6 Å². The van der Waals surface area contributed by atoms with Gasteiger partial charge in [-0.3, -0.25) is 9.59 Å². The van der Waals surface area contributed by atoms with Crippen molar-refractivity contribution in [2.45, 2.75) is 27.7 Å². The quantitative estimate of drug-likeness (QED) is 0.597. The lowest BCUT2D eigenvalue weighted by Crippen LogP contribution is -2.21. The molecule has 0 rings (SSSR count). The van der Waals surface area contributed by atoms with Gasteiger partial charge in [-0.15, -0.1) is 0 Å². The summed E-state index contributed by atoms with van der Waals surface area (Å²) >= 11 is 0. The van der Waals surface area contributed by atoms with Gasteiger partial charge < -0.3 is 0 Å². The van der Waals surface area contributed by atoms with Gasteiger partial charge in [-0.2, -0.15) is 0 Å². The van der Waals surface area contributed by atoms with E-state index in [1.165, 1.54) is 13.8 Å². The van der Waals surface area contributed by atoms with Gasteiger partial charge in [0.25, 0.3) is 0 Å². The van der Waals surface area contributed by atoms with Gasteiger partial charge in [0.2, 0.25) is 0 Å². The van der Waals surface area contributed by atoms with E-state index >= 15 is 0 Å². The minimum absolute atomic E-state index is 0.0858. The summed E-state index contributed by atoms with van der Waals surface area (Å²) in [6.45, 7) is 6.61. The van der Waals surface area contributed by atoms with Crippen molar-refractivity contribution in [1.82, 2.24) is 0 Å². The van der Waals surface area contributed by atoms with Crippen molar-refractivity contribution in [1.29, 1.82) is 0 Å². The second kappa shape index (κ2) is 3.49. The van der Waals surface area contributed by atoms with Gasteiger partial charge >= 0.3 is 0 Å². The Morgan fingerprint density at radius 1 is 0.900 bits per heavy atom. The lowest BCUT2D eigenvalue weighted by Gasteiger charge is -2.12. The van der Waals surface area contributed by atoms with Crippen LogP contribution in [0.1, 0.15) is 27.7 Å². The summed E-state index contributed by atoms with van der Waals surface area (Å²) in [6, 6.07) is 0. The molecule has 0 radical (unpaired) electrons. The molecule has 0 heterocycles. The van der Waals surface area contributed by atoms with Crippen LogP contribution >= 0.6 is 0 Å². The molecule has 0 fully saturated rings. The van der Waals surface area contributed by atoms with E-state index < -0.39 is 0 Å². The van der Waals surface area contributed by atoms with Gasteiger partial charge in [0.05, 0.1) is 0 Å². The number of ketones is 2. The Hall–Kier alpha value is -0.660. The molecule has 0 aliphatic rings. The van der Waals surface area contributed by atoms with E-state index in [0.29, 0.717) is 0 Å². The normalized spacial score (nSPS) is 16.0. The molecule has 0 N–H and O–H groups in total. The number of carbonyl (C=O) groups is 2. The van der Waals surface area contributed by atoms with Crippen LogP contribution in [0.2, 0.25) is 0 Å². The maximum absolute atomic E-state index is 10.7. The van der Waals surface area contributed by atoms with Crippen molar-refractivity contribution < 1.29 is 9.59 Å². The third-order valence-electron chi connectivity index (χ3n) is 2.03. The van der Waals surface area contributed by atoms with Crippen LogP contribution in [0.4, 0.5) is 0 Å². The van der Waals surface area contributed by atoms with E-state index in [1.54, 1.807) is 13.8 Å². The Labute approximate surface area is 61.6 Å². The molecule has 0 aromatic carbocycles. The Balaban J connectivity index is 4.07. The molecule has 2 nitrogen and oxygen atoms in total. The number of hydrogen-bond acceptors (Lipinski definition) is 2. The summed E-state index contributed by atoms with van der Waals surface area (Å²) in [5.41, 5.74) is 0. The highest BCUT2D eigenvalue weighted by Crippen LogP contribution is 2.12. The van der Waals surface area contributed by atoms with Crippen molar-refractivity contribution in [3.05, 3.63) is 0 Å². The van der Waals surface area contributed by atoms with E-state index in [0.717, 1.165) is 0 Å². The van der Waals surface area contributed by atoms with Crippen molar-refractivity contribution in [2.75, 3.05) is 0 Å². The molecule has 0 unspecified atom stereocenters. The summed E-state index contributed by atoms with van der Waals surface area (Å²) < 4.78 is 0. The Morgan fingerprint density at radius 3 is 1.20 bits per heavy atom. The topological polar surface area (TPSA) is 34.1 Å². The van der Waals surface area contributed by atoms with E-state index in [1.807, 2.05) is 0 Å². The maximum atomic E-state index is 10.7. The predicted octanol–water partition coefficient (Wildman–Crippen LogP) is 1.44. The standard InChI is InChI=1S/C8H14O2/c1-5(7(3)9)6(2)8(4)10/h5-6H,1-4H3/t5-,6-/m1/s1. The summed E-state index contributed by atoms with van der Waals surface area (Å²) in [4.78, 5) is 21.5. The van der Waals surface area contributed by atoms with Crippen molar-refractivity contribution in [2.24, 2.45) is 11.8 Å². The van der Waals surface area contributed by atoms with Gasteiger partial charge in [-0.05, 0) is 13.8 Å². The SMILES string of the molecule is CC(=O)[C@H](C)[C@@H](C)C(C)=O. The van der Waals surface area contributed by atoms with Gasteiger partial charge in [0.1, 0.15) is 11.6 Å². The molecule has 0 amide bonds. The highest BCUT2D eigenvalue weighted by Gasteiger charge is 2.19. The Kier molecular flexibility index (Phi) is 3.26. The van der Waals surface area contributed by atoms with Crippen LogP contribution in [-0.4, -0.2) is 11.6 Å². The van der Waals surface area contributed by atoms with Gasteiger partial charge in [-0.25, -0.2) is 0 Å². The number of rotatable bonds is 3. The van der Waals surface area contributed by atoms with E-state index in [-0.39, 0.29) is 23.4 Å². The molecular weight excluding hydrogens is 128 g/mol. The number of carbonyl (C=O) groups excluding carboxylic acids is 2. The highest BCUT2D eigenvalue weighted by atomic mass is 16.1. The zero-order chi connectivity index (χ0) is 8.31. The van der Waals surface area contributed by atoms with E-state index in [2.05, 4.69) is 0 Å². The third-order valence-corrected chi connectivity index (χ3v) is 2.03. The third kappa shape index (κ3) is 2.29. The lowest BCUT2D eigenvalue weighted by molar-refractivity contribution is -0.128. The molecule has 58 valence electrons. The summed E-state index contributed by atoms with van der Waals surface area (Å²) in [7, 11) is 0. The Bertz CT molecular complexity index is 131. The summed E-state index contributed by atoms with van der Waals surface area (Å²) in [5, 5.41) is 0. The molecule has 0 aliphatic heterocycles. The first-order valence-corrected chi connectivity index (χ1v) is 3.47. The first kappa shape index (κ1) is 9.34. The molecule has 0 bridgehead atoms. The Morgan fingerprint density at radius 2 is 1.10 bits per heavy atom. The fourth-order valence-corrected chi connectivity index (χ4v) is 0.704. The maximum Gasteiger partial charge on any atom is 0.133 e. The van der Waals surface area contributed by atoms with Gasteiger partial charge in [-0.1, -0.05) is 13.8 Å². The zero-order valence-corrected chi connectivity index (χ0v) is 6.97. The average Bonchev–Trinajstić information content (AvgIpc) is 1.84. The molecule has 0 aliphatic carbocycles. The monoisotopic (exact) mass is 142 g/mol.